The van der Waals surface area contributed by atoms with Crippen LogP contribution in [0.25, 0.3) is 0 Å². The topological polar surface area (TPSA) is 78.5 Å². The van der Waals surface area contributed by atoms with Crippen LogP contribution in [0.4, 0.5) is 0 Å². The van der Waals surface area contributed by atoms with E-state index in [4.69, 9.17) is 14.4 Å². The lowest BCUT2D eigenvalue weighted by Crippen LogP contribution is -2.43. The Hall–Kier alpha value is -2.26. The maximum atomic E-state index is 12.0. The molecule has 1 aromatic heterocycles. The minimum absolute atomic E-state index is 0.0797. The Balaban J connectivity index is 1.96. The highest BCUT2D eigenvalue weighted by molar-refractivity contribution is 5.97. The van der Waals surface area contributed by atoms with Gasteiger partial charge < -0.3 is 19.4 Å². The van der Waals surface area contributed by atoms with Gasteiger partial charge in [0.25, 0.3) is 5.91 Å². The highest BCUT2D eigenvalue weighted by atomic mass is 16.5. The fourth-order valence-electron chi connectivity index (χ4n) is 2.32. The average molecular weight is 289 g/mol. The number of nitrogens with zero attached hydrogens (tertiary/aromatic N) is 2. The summed E-state index contributed by atoms with van der Waals surface area (Å²) in [5.41, 5.74) is 0.0860. The lowest BCUT2D eigenvalue weighted by Gasteiger charge is -2.34. The fraction of sp³-hybridized carbons (Fsp3) is 0.467. The first-order valence-electron chi connectivity index (χ1n) is 6.90. The van der Waals surface area contributed by atoms with Gasteiger partial charge in [-0.2, -0.15) is 5.26 Å². The zero-order chi connectivity index (χ0) is 15.2. The first-order valence-corrected chi connectivity index (χ1v) is 6.90. The molecule has 1 saturated heterocycles. The van der Waals surface area contributed by atoms with E-state index in [-0.39, 0.29) is 24.3 Å². The van der Waals surface area contributed by atoms with E-state index in [9.17, 15) is 4.79 Å². The van der Waals surface area contributed by atoms with Crippen molar-refractivity contribution in [3.05, 3.63) is 35.9 Å². The third-order valence-corrected chi connectivity index (χ3v) is 3.13. The molecule has 2 atom stereocenters. The average Bonchev–Trinajstić information content (AvgIpc) is 2.94. The van der Waals surface area contributed by atoms with E-state index >= 15 is 0 Å². The lowest BCUT2D eigenvalue weighted by atomic mass is 10.2. The van der Waals surface area contributed by atoms with E-state index < -0.39 is 5.91 Å². The van der Waals surface area contributed by atoms with Crippen molar-refractivity contribution in [2.24, 2.45) is 0 Å². The van der Waals surface area contributed by atoms with Crippen LogP contribution in [0.15, 0.2) is 34.6 Å². The van der Waals surface area contributed by atoms with Gasteiger partial charge in [-0.15, -0.1) is 0 Å². The molecular weight excluding hydrogens is 270 g/mol. The van der Waals surface area contributed by atoms with Gasteiger partial charge in [0.2, 0.25) is 0 Å². The van der Waals surface area contributed by atoms with Gasteiger partial charge in [0.1, 0.15) is 17.4 Å². The largest absolute Gasteiger partial charge is 0.467 e. The second-order valence-corrected chi connectivity index (χ2v) is 5.13. The number of amides is 1. The zero-order valence-corrected chi connectivity index (χ0v) is 12.2. The second kappa shape index (κ2) is 6.95. The maximum absolute atomic E-state index is 12.0. The van der Waals surface area contributed by atoms with Crippen LogP contribution in [-0.2, 0) is 16.1 Å². The molecule has 21 heavy (non-hydrogen) atoms. The molecule has 1 aliphatic rings. The van der Waals surface area contributed by atoms with Crippen LogP contribution in [0.1, 0.15) is 19.6 Å². The summed E-state index contributed by atoms with van der Waals surface area (Å²) in [7, 11) is 0. The number of ether oxygens (including phenoxy) is 1. The van der Waals surface area contributed by atoms with Gasteiger partial charge in [-0.25, -0.2) is 0 Å². The minimum Gasteiger partial charge on any atom is -0.467 e. The maximum Gasteiger partial charge on any atom is 0.263 e. The molecule has 0 spiro atoms. The van der Waals surface area contributed by atoms with Crippen LogP contribution in [0.5, 0.6) is 0 Å². The highest BCUT2D eigenvalue weighted by Crippen LogP contribution is 2.12. The summed E-state index contributed by atoms with van der Waals surface area (Å²) >= 11 is 0. The number of carbonyl (C=O) groups is 1. The van der Waals surface area contributed by atoms with Gasteiger partial charge in [-0.3, -0.25) is 4.79 Å². The number of rotatable bonds is 4. The standard InChI is InChI=1S/C15H19N3O3/c1-11-8-18(9-12(2)21-11)10-13(6-16)15(19)17-7-14-4-3-5-20-14/h3-5,10-12H,7-9H2,1-2H3,(H,17,19)/b13-10-. The first-order chi connectivity index (χ1) is 10.1. The molecule has 2 rings (SSSR count). The van der Waals surface area contributed by atoms with Crippen molar-refractivity contribution in [2.45, 2.75) is 32.6 Å². The van der Waals surface area contributed by atoms with Crippen molar-refractivity contribution in [3.63, 3.8) is 0 Å². The molecule has 1 aliphatic heterocycles. The van der Waals surface area contributed by atoms with E-state index in [0.29, 0.717) is 18.8 Å². The molecule has 1 amide bonds. The summed E-state index contributed by atoms with van der Waals surface area (Å²) in [5, 5.41) is 11.8. The summed E-state index contributed by atoms with van der Waals surface area (Å²) in [6, 6.07) is 5.46. The van der Waals surface area contributed by atoms with Crippen LogP contribution in [-0.4, -0.2) is 36.1 Å². The Morgan fingerprint density at radius 2 is 2.24 bits per heavy atom. The molecule has 112 valence electrons. The number of hydrogen-bond acceptors (Lipinski definition) is 5. The molecule has 0 radical (unpaired) electrons. The smallest absolute Gasteiger partial charge is 0.263 e. The molecule has 0 aliphatic carbocycles. The predicted molar refractivity (Wildman–Crippen MR) is 75.8 cm³/mol. The van der Waals surface area contributed by atoms with Crippen molar-refractivity contribution >= 4 is 5.91 Å². The molecule has 0 bridgehead atoms. The summed E-state index contributed by atoms with van der Waals surface area (Å²) in [6.45, 7) is 5.54. The van der Waals surface area contributed by atoms with Crippen LogP contribution in [0.3, 0.4) is 0 Å². The second-order valence-electron chi connectivity index (χ2n) is 5.13. The number of carbonyl (C=O) groups excluding carboxylic acids is 1. The lowest BCUT2D eigenvalue weighted by molar-refractivity contribution is -0.117. The number of nitrogens with one attached hydrogen (secondary N) is 1. The predicted octanol–water partition coefficient (Wildman–Crippen LogP) is 1.41. The van der Waals surface area contributed by atoms with Gasteiger partial charge in [0.05, 0.1) is 25.0 Å². The van der Waals surface area contributed by atoms with Gasteiger partial charge in [0, 0.05) is 19.3 Å². The number of morpholine rings is 1. The Kier molecular flexibility index (Phi) is 5.01. The molecule has 6 heteroatoms. The normalized spacial score (nSPS) is 22.7. The van der Waals surface area contributed by atoms with Gasteiger partial charge >= 0.3 is 0 Å². The third kappa shape index (κ3) is 4.36. The fourth-order valence-corrected chi connectivity index (χ4v) is 2.32. The van der Waals surface area contributed by atoms with Crippen LogP contribution in [0, 0.1) is 11.3 Å². The van der Waals surface area contributed by atoms with Crippen molar-refractivity contribution in [1.29, 1.82) is 5.26 Å². The zero-order valence-electron chi connectivity index (χ0n) is 12.2. The number of hydrogen-bond donors (Lipinski definition) is 1. The van der Waals surface area contributed by atoms with Crippen molar-refractivity contribution in [1.82, 2.24) is 10.2 Å². The van der Waals surface area contributed by atoms with Crippen LogP contribution < -0.4 is 5.32 Å². The number of nitriles is 1. The molecule has 0 aromatic carbocycles. The monoisotopic (exact) mass is 289 g/mol. The molecule has 1 aromatic rings. The van der Waals surface area contributed by atoms with E-state index in [1.54, 1.807) is 24.6 Å². The third-order valence-electron chi connectivity index (χ3n) is 3.13. The Labute approximate surface area is 124 Å². The van der Waals surface area contributed by atoms with Gasteiger partial charge in [-0.1, -0.05) is 0 Å². The van der Waals surface area contributed by atoms with Crippen LogP contribution in [0.2, 0.25) is 0 Å². The molecule has 1 fully saturated rings. The minimum atomic E-state index is -0.402. The van der Waals surface area contributed by atoms with E-state index in [2.05, 4.69) is 5.32 Å². The van der Waals surface area contributed by atoms with Crippen molar-refractivity contribution in [3.8, 4) is 6.07 Å². The number of furan rings is 1. The summed E-state index contributed by atoms with van der Waals surface area (Å²) in [5.74, 6) is 0.245. The summed E-state index contributed by atoms with van der Waals surface area (Å²) in [6.07, 6.45) is 3.30. The summed E-state index contributed by atoms with van der Waals surface area (Å²) < 4.78 is 10.8. The Morgan fingerprint density at radius 3 is 2.81 bits per heavy atom. The highest BCUT2D eigenvalue weighted by Gasteiger charge is 2.21. The van der Waals surface area contributed by atoms with Crippen LogP contribution >= 0.6 is 0 Å². The molecule has 2 unspecified atom stereocenters. The van der Waals surface area contributed by atoms with E-state index in [1.165, 1.54) is 0 Å². The summed E-state index contributed by atoms with van der Waals surface area (Å²) in [4.78, 5) is 14.0. The van der Waals surface area contributed by atoms with Crippen molar-refractivity contribution in [2.75, 3.05) is 13.1 Å². The molecular formula is C15H19N3O3. The van der Waals surface area contributed by atoms with Gasteiger partial charge in [0.15, 0.2) is 0 Å². The molecule has 2 heterocycles. The van der Waals surface area contributed by atoms with Gasteiger partial charge in [-0.05, 0) is 26.0 Å². The quantitative estimate of drug-likeness (QED) is 0.670. The Bertz CT molecular complexity index is 535. The van der Waals surface area contributed by atoms with E-state index in [0.717, 1.165) is 0 Å². The van der Waals surface area contributed by atoms with E-state index in [1.807, 2.05) is 24.8 Å². The first kappa shape index (κ1) is 15.1. The molecule has 0 saturated carbocycles. The Morgan fingerprint density at radius 1 is 1.52 bits per heavy atom. The SMILES string of the molecule is CC1CN(/C=C(/C#N)C(=O)NCc2ccco2)CC(C)O1. The molecule has 6 nitrogen and oxygen atoms in total. The van der Waals surface area contributed by atoms with Crippen molar-refractivity contribution < 1.29 is 13.9 Å². The molecule has 1 N–H and O–H groups in total.